The van der Waals surface area contributed by atoms with Crippen LogP contribution in [-0.4, -0.2) is 42.4 Å². The van der Waals surface area contributed by atoms with Crippen molar-refractivity contribution in [3.63, 3.8) is 0 Å². The number of aryl methyl sites for hydroxylation is 1. The lowest BCUT2D eigenvalue weighted by Gasteiger charge is -2.41. The molecule has 0 aliphatic heterocycles. The number of aliphatic hydroxyl groups excluding tert-OH is 3. The normalized spacial score (nSPS) is 19.4. The van der Waals surface area contributed by atoms with Crippen LogP contribution in [0.5, 0.6) is 23.0 Å². The Labute approximate surface area is 216 Å². The quantitative estimate of drug-likeness (QED) is 0.129. The largest absolute Gasteiger partial charge is 0.511 e. The molecule has 0 heterocycles. The van der Waals surface area contributed by atoms with Gasteiger partial charge in [-0.2, -0.15) is 0 Å². The van der Waals surface area contributed by atoms with Gasteiger partial charge < -0.3 is 35.7 Å². The first-order valence-electron chi connectivity index (χ1n) is 12.2. The number of hydrogen-bond acceptors (Lipinski definition) is 9. The average molecular weight is 522 g/mol. The van der Waals surface area contributed by atoms with Crippen molar-refractivity contribution in [1.29, 1.82) is 0 Å². The van der Waals surface area contributed by atoms with Gasteiger partial charge in [0.2, 0.25) is 0 Å². The van der Waals surface area contributed by atoms with Crippen molar-refractivity contribution in [2.45, 2.75) is 12.8 Å². The zero-order valence-corrected chi connectivity index (χ0v) is 20.1. The predicted octanol–water partition coefficient (Wildman–Crippen LogP) is 2.90. The van der Waals surface area contributed by atoms with E-state index < -0.39 is 58.1 Å². The van der Waals surface area contributed by atoms with Gasteiger partial charge >= 0.3 is 0 Å². The topological polar surface area (TPSA) is 176 Å². The minimum Gasteiger partial charge on any atom is -0.511 e. The molecule has 5 aromatic carbocycles. The number of allylic oxidation sites excluding steroid dienone is 1. The minimum absolute atomic E-state index is 0.0171. The molecule has 0 saturated carbocycles. The van der Waals surface area contributed by atoms with Crippen LogP contribution < -0.4 is 16.1 Å². The van der Waals surface area contributed by atoms with Crippen molar-refractivity contribution in [2.24, 2.45) is 5.92 Å². The maximum absolute atomic E-state index is 13.5. The first-order chi connectivity index (χ1) is 18.6. The van der Waals surface area contributed by atoms with E-state index in [1.807, 2.05) is 0 Å². The van der Waals surface area contributed by atoms with Gasteiger partial charge in [0, 0.05) is 45.0 Å². The van der Waals surface area contributed by atoms with Gasteiger partial charge in [-0.3, -0.25) is 9.59 Å². The number of rotatable bonds is 1. The van der Waals surface area contributed by atoms with Gasteiger partial charge in [0.15, 0.2) is 10.9 Å². The van der Waals surface area contributed by atoms with E-state index in [0.717, 1.165) is 12.1 Å². The second-order valence-corrected chi connectivity index (χ2v) is 10.5. The molecule has 2 atom stereocenters. The molecule has 7 N–H and O–H groups in total. The first kappa shape index (κ1) is 22.0. The molecule has 3 aliphatic rings. The number of phenols is 4. The highest BCUT2D eigenvalue weighted by Crippen LogP contribution is 2.62. The van der Waals surface area contributed by atoms with E-state index in [2.05, 4.69) is 0 Å². The Morgan fingerprint density at radius 3 is 2.10 bits per heavy atom. The Morgan fingerprint density at radius 2 is 1.38 bits per heavy atom. The summed E-state index contributed by atoms with van der Waals surface area (Å²) in [6.45, 7) is 1.20. The van der Waals surface area contributed by atoms with Crippen LogP contribution in [0.15, 0.2) is 45.2 Å². The van der Waals surface area contributed by atoms with Crippen LogP contribution in [0.3, 0.4) is 0 Å². The van der Waals surface area contributed by atoms with Gasteiger partial charge in [-0.05, 0) is 52.3 Å². The van der Waals surface area contributed by atoms with Crippen LogP contribution in [-0.2, 0) is 0 Å². The third-order valence-electron chi connectivity index (χ3n) is 8.74. The van der Waals surface area contributed by atoms with E-state index in [-0.39, 0.29) is 43.3 Å². The number of phenolic OH excluding ortho intramolecular Hbond substituents is 4. The van der Waals surface area contributed by atoms with Gasteiger partial charge in [0.25, 0.3) is 0 Å². The number of benzene rings is 5. The van der Waals surface area contributed by atoms with Crippen LogP contribution in [0.1, 0.15) is 22.6 Å². The Hall–Kier alpha value is -5.02. The summed E-state index contributed by atoms with van der Waals surface area (Å²) in [6, 6.07) is 3.22. The van der Waals surface area contributed by atoms with Crippen LogP contribution in [0.25, 0.3) is 54.4 Å². The average Bonchev–Trinajstić information content (AvgIpc) is 2.86. The predicted molar refractivity (Wildman–Crippen MR) is 144 cm³/mol. The van der Waals surface area contributed by atoms with Gasteiger partial charge in [-0.1, -0.05) is 0 Å². The van der Waals surface area contributed by atoms with Crippen molar-refractivity contribution in [2.75, 3.05) is 6.61 Å². The summed E-state index contributed by atoms with van der Waals surface area (Å²) in [5.74, 6) is -4.65. The highest BCUT2D eigenvalue weighted by atomic mass is 16.3. The van der Waals surface area contributed by atoms with E-state index in [1.165, 1.54) is 12.1 Å². The van der Waals surface area contributed by atoms with Crippen molar-refractivity contribution >= 4 is 54.4 Å². The maximum Gasteiger partial charge on any atom is 0.190 e. The zero-order valence-electron chi connectivity index (χ0n) is 20.1. The molecule has 9 heteroatoms. The Balaban J connectivity index is 1.92. The Bertz CT molecular complexity index is 2330. The minimum atomic E-state index is -1.10. The summed E-state index contributed by atoms with van der Waals surface area (Å²) in [5.41, 5.74) is 0.999. The Kier molecular flexibility index (Phi) is 3.67. The van der Waals surface area contributed by atoms with Crippen LogP contribution in [0, 0.1) is 12.8 Å². The highest BCUT2D eigenvalue weighted by Gasteiger charge is 2.47. The Morgan fingerprint density at radius 1 is 0.692 bits per heavy atom. The van der Waals surface area contributed by atoms with E-state index in [1.54, 1.807) is 6.92 Å². The van der Waals surface area contributed by atoms with Crippen molar-refractivity contribution in [1.82, 2.24) is 0 Å². The van der Waals surface area contributed by atoms with Gasteiger partial charge in [0.1, 0.15) is 34.5 Å². The lowest BCUT2D eigenvalue weighted by Crippen LogP contribution is -2.34. The number of aliphatic hydroxyl groups is 3. The molecule has 2 unspecified atom stereocenters. The van der Waals surface area contributed by atoms with Gasteiger partial charge in [-0.15, -0.1) is 0 Å². The maximum atomic E-state index is 13.5. The highest BCUT2D eigenvalue weighted by molar-refractivity contribution is 6.37. The second-order valence-electron chi connectivity index (χ2n) is 10.5. The summed E-state index contributed by atoms with van der Waals surface area (Å²) in [6.07, 6.45) is 1.34. The first-order valence-corrected chi connectivity index (χ1v) is 12.2. The molecule has 0 saturated heterocycles. The molecular formula is C30H18O9. The number of fused-ring (bicyclic) bond motifs is 2. The molecular weight excluding hydrogens is 504 g/mol. The third-order valence-corrected chi connectivity index (χ3v) is 8.74. The second kappa shape index (κ2) is 6.51. The molecule has 39 heavy (non-hydrogen) atoms. The molecule has 0 fully saturated rings. The fourth-order valence-corrected chi connectivity index (χ4v) is 7.49. The van der Waals surface area contributed by atoms with Crippen molar-refractivity contribution < 1.29 is 35.7 Å². The molecule has 0 bridgehead atoms. The summed E-state index contributed by atoms with van der Waals surface area (Å²) >= 11 is 0. The fourth-order valence-electron chi connectivity index (χ4n) is 7.49. The molecule has 5 aromatic rings. The lowest BCUT2D eigenvalue weighted by atomic mass is 9.62. The monoisotopic (exact) mass is 522 g/mol. The van der Waals surface area contributed by atoms with E-state index in [0.29, 0.717) is 38.6 Å². The van der Waals surface area contributed by atoms with Crippen molar-refractivity contribution in [3.05, 3.63) is 78.0 Å². The molecule has 9 nitrogen and oxygen atoms in total. The van der Waals surface area contributed by atoms with Crippen LogP contribution >= 0.6 is 0 Å². The molecule has 0 radical (unpaired) electrons. The number of hydrogen-bond donors (Lipinski definition) is 7. The SMILES string of the molecule is Cc1cc(=O)c2c(O)c3c(O)cc(O)c4c5c(=O)cc(O)c6c5c5c(c2c1C1=C(CO)C=C(O)C(C=6O)C15)c34. The molecule has 3 aliphatic carbocycles. The molecule has 8 rings (SSSR count). The molecule has 0 amide bonds. The third kappa shape index (κ3) is 2.16. The smallest absolute Gasteiger partial charge is 0.190 e. The van der Waals surface area contributed by atoms with Gasteiger partial charge in [0.05, 0.1) is 28.5 Å². The molecule has 0 aromatic heterocycles. The van der Waals surface area contributed by atoms with E-state index >= 15 is 0 Å². The summed E-state index contributed by atoms with van der Waals surface area (Å²) in [7, 11) is 0. The van der Waals surface area contributed by atoms with Crippen molar-refractivity contribution in [3.8, 4) is 23.0 Å². The zero-order chi connectivity index (χ0) is 27.4. The van der Waals surface area contributed by atoms with Gasteiger partial charge in [-0.25, -0.2) is 0 Å². The summed E-state index contributed by atoms with van der Waals surface area (Å²) < 4.78 is 0. The standard InChI is InChI=1S/C30H18O9/c1-7-2-9(32)19-23-15(7)16-8(6-31)3-10(33)20-24(16)28-26-18(12(35)5-14(37)22(26)30(20)39)17-11(34)4-13(36)21(29(19)38)25(17)27(23)28/h2-5,20,24,31,33-34,36-39H,6H2,1H3. The molecule has 0 spiro atoms. The van der Waals surface area contributed by atoms with E-state index in [4.69, 9.17) is 0 Å². The summed E-state index contributed by atoms with van der Waals surface area (Å²) in [5, 5.41) is 77.9. The van der Waals surface area contributed by atoms with E-state index in [9.17, 15) is 45.3 Å². The summed E-state index contributed by atoms with van der Waals surface area (Å²) in [4.78, 5) is 26.9. The molecule has 192 valence electrons. The fraction of sp³-hybridized carbons (Fsp3) is 0.133. The van der Waals surface area contributed by atoms with Crippen LogP contribution in [0.2, 0.25) is 0 Å². The number of aromatic hydroxyl groups is 4. The van der Waals surface area contributed by atoms with Crippen LogP contribution in [0.4, 0.5) is 0 Å². The lowest BCUT2D eigenvalue weighted by molar-refractivity contribution is 0.300.